The first-order valence-corrected chi connectivity index (χ1v) is 11.6. The Kier molecular flexibility index (Phi) is 10.3. The fraction of sp³-hybridized carbons (Fsp3) is 0.583. The maximum Gasteiger partial charge on any atom is 0.290 e. The number of likely N-dealkylation sites (N-methyl/N-ethyl adjacent to an activating group) is 1. The summed E-state index contributed by atoms with van der Waals surface area (Å²) in [4.78, 5) is 48.5. The Morgan fingerprint density at radius 1 is 1.21 bits per heavy atom. The van der Waals surface area contributed by atoms with Crippen LogP contribution in [0.15, 0.2) is 24.3 Å². The second-order valence-corrected chi connectivity index (χ2v) is 8.43. The number of likely N-dealkylation sites (tertiary alicyclic amines) is 1. The number of rotatable bonds is 7. The van der Waals surface area contributed by atoms with Crippen molar-refractivity contribution in [2.24, 2.45) is 0 Å². The Bertz CT molecular complexity index is 831. The molecule has 3 rings (SSSR count). The molecule has 4 atom stereocenters. The number of hydrogen-bond donors (Lipinski definition) is 4. The van der Waals surface area contributed by atoms with E-state index in [9.17, 15) is 14.4 Å². The summed E-state index contributed by atoms with van der Waals surface area (Å²) in [5.41, 5.74) is 2.48. The molecule has 1 aromatic rings. The molecule has 1 fully saturated rings. The molecule has 1 heterocycles. The summed E-state index contributed by atoms with van der Waals surface area (Å²) in [6, 6.07) is 6.79. The second-order valence-electron chi connectivity index (χ2n) is 8.43. The van der Waals surface area contributed by atoms with E-state index >= 15 is 0 Å². The first kappa shape index (κ1) is 26.3. The van der Waals surface area contributed by atoms with Gasteiger partial charge in [0.2, 0.25) is 17.7 Å². The summed E-state index contributed by atoms with van der Waals surface area (Å²) in [6.45, 7) is 3.92. The standard InChI is InChI=1S/C23H34N4O3.CH2O2/c1-4-18(25-21(28)15(2)24-3)23(30)27-14-8-13-20(27)22(29)26-19-12-7-10-16-9-5-6-11-17(16)19;2-1-3/h5-6,9,11,15,18-20,24H,4,7-8,10,12-14H2,1-3H3,(H,25,28)(H,26,29);1H,(H,2,3). The van der Waals surface area contributed by atoms with Gasteiger partial charge in [0.15, 0.2) is 0 Å². The van der Waals surface area contributed by atoms with E-state index in [4.69, 9.17) is 9.90 Å². The number of nitrogens with one attached hydrogen (secondary N) is 3. The van der Waals surface area contributed by atoms with Gasteiger partial charge in [0.25, 0.3) is 6.47 Å². The van der Waals surface area contributed by atoms with Crippen molar-refractivity contribution >= 4 is 24.2 Å². The minimum absolute atomic E-state index is 0.00171. The summed E-state index contributed by atoms with van der Waals surface area (Å²) in [6.07, 6.45) is 4.94. The third-order valence-electron chi connectivity index (χ3n) is 6.37. The summed E-state index contributed by atoms with van der Waals surface area (Å²) in [5.74, 6) is -0.472. The van der Waals surface area contributed by atoms with Crippen LogP contribution in [-0.2, 0) is 25.6 Å². The van der Waals surface area contributed by atoms with Gasteiger partial charge in [-0.15, -0.1) is 0 Å². The van der Waals surface area contributed by atoms with Gasteiger partial charge < -0.3 is 26.0 Å². The molecular weight excluding hydrogens is 424 g/mol. The Hall–Kier alpha value is -2.94. The highest BCUT2D eigenvalue weighted by Gasteiger charge is 2.38. The second kappa shape index (κ2) is 12.9. The van der Waals surface area contributed by atoms with Gasteiger partial charge in [0.1, 0.15) is 12.1 Å². The van der Waals surface area contributed by atoms with Gasteiger partial charge in [-0.1, -0.05) is 31.2 Å². The number of carbonyl (C=O) groups excluding carboxylic acids is 3. The van der Waals surface area contributed by atoms with Crippen LogP contribution >= 0.6 is 0 Å². The molecular formula is C24H36N4O5. The minimum atomic E-state index is -0.614. The van der Waals surface area contributed by atoms with Gasteiger partial charge in [-0.3, -0.25) is 19.2 Å². The highest BCUT2D eigenvalue weighted by atomic mass is 16.3. The number of nitrogens with zero attached hydrogens (tertiary/aromatic N) is 1. The van der Waals surface area contributed by atoms with Crippen LogP contribution in [0.2, 0.25) is 0 Å². The molecule has 2 aliphatic rings. The number of amides is 3. The van der Waals surface area contributed by atoms with Crippen LogP contribution in [0, 0.1) is 0 Å². The third kappa shape index (κ3) is 6.77. The Labute approximate surface area is 195 Å². The summed E-state index contributed by atoms with van der Waals surface area (Å²) >= 11 is 0. The van der Waals surface area contributed by atoms with Crippen LogP contribution in [0.25, 0.3) is 0 Å². The van der Waals surface area contributed by atoms with E-state index in [1.54, 1.807) is 18.9 Å². The topological polar surface area (TPSA) is 128 Å². The Morgan fingerprint density at radius 2 is 1.91 bits per heavy atom. The van der Waals surface area contributed by atoms with Gasteiger partial charge in [0, 0.05) is 6.54 Å². The van der Waals surface area contributed by atoms with Crippen LogP contribution in [-0.4, -0.2) is 65.9 Å². The molecule has 0 bridgehead atoms. The zero-order chi connectivity index (χ0) is 24.4. The maximum absolute atomic E-state index is 13.1. The van der Waals surface area contributed by atoms with E-state index in [1.807, 2.05) is 19.1 Å². The SMILES string of the molecule is CCC(NC(=O)C(C)NC)C(=O)N1CCCC1C(=O)NC1CCCc2ccccc21.O=CO. The van der Waals surface area contributed by atoms with Crippen molar-refractivity contribution in [2.75, 3.05) is 13.6 Å². The molecule has 0 saturated carbocycles. The van der Waals surface area contributed by atoms with E-state index in [0.717, 1.165) is 25.7 Å². The minimum Gasteiger partial charge on any atom is -0.483 e. The monoisotopic (exact) mass is 460 g/mol. The molecule has 0 radical (unpaired) electrons. The van der Waals surface area contributed by atoms with Crippen molar-refractivity contribution < 1.29 is 24.3 Å². The number of hydrogen-bond acceptors (Lipinski definition) is 5. The first-order valence-electron chi connectivity index (χ1n) is 11.6. The maximum atomic E-state index is 13.1. The molecule has 4 unspecified atom stereocenters. The first-order chi connectivity index (χ1) is 15.9. The van der Waals surface area contributed by atoms with Gasteiger partial charge in [-0.25, -0.2) is 0 Å². The Morgan fingerprint density at radius 3 is 2.58 bits per heavy atom. The Balaban J connectivity index is 0.00000122. The van der Waals surface area contributed by atoms with Crippen molar-refractivity contribution in [3.8, 4) is 0 Å². The molecule has 4 N–H and O–H groups in total. The van der Waals surface area contributed by atoms with Crippen LogP contribution in [0.1, 0.15) is 63.1 Å². The van der Waals surface area contributed by atoms with Crippen molar-refractivity contribution in [1.29, 1.82) is 0 Å². The summed E-state index contributed by atoms with van der Waals surface area (Å²) < 4.78 is 0. The smallest absolute Gasteiger partial charge is 0.290 e. The van der Waals surface area contributed by atoms with Gasteiger partial charge in [-0.2, -0.15) is 0 Å². The fourth-order valence-electron chi connectivity index (χ4n) is 4.44. The number of benzene rings is 1. The van der Waals surface area contributed by atoms with Crippen LogP contribution in [0.5, 0.6) is 0 Å². The molecule has 1 aromatic carbocycles. The summed E-state index contributed by atoms with van der Waals surface area (Å²) in [7, 11) is 1.71. The molecule has 33 heavy (non-hydrogen) atoms. The van der Waals surface area contributed by atoms with Crippen molar-refractivity contribution in [1.82, 2.24) is 20.9 Å². The molecule has 182 valence electrons. The average Bonchev–Trinajstić information content (AvgIpc) is 3.32. The van der Waals surface area contributed by atoms with Gasteiger partial charge in [-0.05, 0) is 63.6 Å². The zero-order valence-electron chi connectivity index (χ0n) is 19.7. The van der Waals surface area contributed by atoms with Crippen molar-refractivity contribution in [3.63, 3.8) is 0 Å². The third-order valence-corrected chi connectivity index (χ3v) is 6.37. The average molecular weight is 461 g/mol. The zero-order valence-corrected chi connectivity index (χ0v) is 19.7. The number of aryl methyl sites for hydroxylation is 1. The van der Waals surface area contributed by atoms with Crippen LogP contribution in [0.4, 0.5) is 0 Å². The van der Waals surface area contributed by atoms with Crippen molar-refractivity contribution in [2.45, 2.75) is 76.5 Å². The highest BCUT2D eigenvalue weighted by Crippen LogP contribution is 2.30. The van der Waals surface area contributed by atoms with E-state index in [-0.39, 0.29) is 36.3 Å². The van der Waals surface area contributed by atoms with Gasteiger partial charge in [0.05, 0.1) is 12.1 Å². The highest BCUT2D eigenvalue weighted by molar-refractivity contribution is 5.93. The lowest BCUT2D eigenvalue weighted by Crippen LogP contribution is -2.55. The molecule has 9 nitrogen and oxygen atoms in total. The van der Waals surface area contributed by atoms with E-state index in [0.29, 0.717) is 19.4 Å². The quantitative estimate of drug-likeness (QED) is 0.455. The van der Waals surface area contributed by atoms with Gasteiger partial charge >= 0.3 is 0 Å². The summed E-state index contributed by atoms with van der Waals surface area (Å²) in [5, 5.41) is 15.8. The van der Waals surface area contributed by atoms with Crippen LogP contribution in [0.3, 0.4) is 0 Å². The normalized spacial score (nSPS) is 21.0. The number of carbonyl (C=O) groups is 4. The lowest BCUT2D eigenvalue weighted by molar-refractivity contribution is -0.141. The lowest BCUT2D eigenvalue weighted by Gasteiger charge is -2.31. The molecule has 1 aliphatic heterocycles. The van der Waals surface area contributed by atoms with E-state index < -0.39 is 12.1 Å². The van der Waals surface area contributed by atoms with E-state index in [1.165, 1.54) is 11.1 Å². The molecule has 1 aliphatic carbocycles. The lowest BCUT2D eigenvalue weighted by atomic mass is 9.87. The van der Waals surface area contributed by atoms with Crippen LogP contribution < -0.4 is 16.0 Å². The largest absolute Gasteiger partial charge is 0.483 e. The molecule has 0 spiro atoms. The number of carboxylic acid groups (broad SMARTS) is 1. The molecule has 9 heteroatoms. The predicted octanol–water partition coefficient (Wildman–Crippen LogP) is 1.37. The molecule has 0 aromatic heterocycles. The molecule has 1 saturated heterocycles. The predicted molar refractivity (Wildman–Crippen MR) is 124 cm³/mol. The van der Waals surface area contributed by atoms with Crippen molar-refractivity contribution in [3.05, 3.63) is 35.4 Å². The van der Waals surface area contributed by atoms with E-state index in [2.05, 4.69) is 28.1 Å². The number of fused-ring (bicyclic) bond motifs is 1. The fourth-order valence-corrected chi connectivity index (χ4v) is 4.44. The molecule has 3 amide bonds.